The number of alkyl halides is 4. The first-order chi connectivity index (χ1) is 17.3. The minimum absolute atomic E-state index is 0.0273. The van der Waals surface area contributed by atoms with Crippen LogP contribution in [0, 0.1) is 11.7 Å². The molecule has 204 valence electrons. The predicted octanol–water partition coefficient (Wildman–Crippen LogP) is 4.31. The van der Waals surface area contributed by atoms with E-state index in [9.17, 15) is 35.2 Å². The number of benzene rings is 1. The first kappa shape index (κ1) is 27.3. The summed E-state index contributed by atoms with van der Waals surface area (Å²) in [6.45, 7) is -0.0949. The van der Waals surface area contributed by atoms with Crippen molar-refractivity contribution in [2.75, 3.05) is 11.5 Å². The second-order valence-electron chi connectivity index (χ2n) is 9.96. The van der Waals surface area contributed by atoms with Crippen molar-refractivity contribution in [3.05, 3.63) is 35.3 Å². The summed E-state index contributed by atoms with van der Waals surface area (Å²) < 4.78 is 96.5. The molecule has 4 rings (SSSR count). The summed E-state index contributed by atoms with van der Waals surface area (Å²) in [5.74, 6) is -2.04. The smallest absolute Gasteiger partial charge is 0.387 e. The second-order valence-corrected chi connectivity index (χ2v) is 12.3. The van der Waals surface area contributed by atoms with Gasteiger partial charge in [0.25, 0.3) is 6.43 Å². The highest BCUT2D eigenvalue weighted by Gasteiger charge is 2.38. The van der Waals surface area contributed by atoms with E-state index in [0.29, 0.717) is 17.7 Å². The van der Waals surface area contributed by atoms with Gasteiger partial charge in [-0.25, -0.2) is 21.6 Å². The van der Waals surface area contributed by atoms with Crippen molar-refractivity contribution in [1.82, 2.24) is 15.1 Å². The average Bonchev–Trinajstić information content (AvgIpc) is 3.20. The number of hydrogen-bond acceptors (Lipinski definition) is 5. The van der Waals surface area contributed by atoms with Crippen molar-refractivity contribution >= 4 is 15.7 Å². The van der Waals surface area contributed by atoms with Gasteiger partial charge in [0, 0.05) is 34.7 Å². The van der Waals surface area contributed by atoms with Gasteiger partial charge in [-0.05, 0) is 57.7 Å². The van der Waals surface area contributed by atoms with Gasteiger partial charge in [0.2, 0.25) is 5.91 Å². The molecule has 7 nitrogen and oxygen atoms in total. The Morgan fingerprint density at radius 1 is 1.22 bits per heavy atom. The van der Waals surface area contributed by atoms with Gasteiger partial charge in [-0.15, -0.1) is 0 Å². The van der Waals surface area contributed by atoms with Gasteiger partial charge in [-0.1, -0.05) is 0 Å². The van der Waals surface area contributed by atoms with E-state index >= 15 is 0 Å². The minimum atomic E-state index is -3.13. The largest absolute Gasteiger partial charge is 0.435 e. The first-order valence-corrected chi connectivity index (χ1v) is 13.8. The molecule has 0 spiro atoms. The van der Waals surface area contributed by atoms with Gasteiger partial charge in [-0.2, -0.15) is 13.9 Å². The fraction of sp³-hybridized carbons (Fsp3) is 0.583. The van der Waals surface area contributed by atoms with Crippen LogP contribution >= 0.6 is 0 Å². The molecule has 1 aromatic heterocycles. The normalized spacial score (nSPS) is 21.5. The zero-order valence-electron chi connectivity index (χ0n) is 20.3. The highest BCUT2D eigenvalue weighted by molar-refractivity contribution is 7.91. The maximum atomic E-state index is 14.7. The molecule has 1 aliphatic carbocycles. The molecule has 37 heavy (non-hydrogen) atoms. The lowest BCUT2D eigenvalue weighted by Crippen LogP contribution is -2.53. The zero-order chi connectivity index (χ0) is 27.1. The van der Waals surface area contributed by atoms with E-state index in [-0.39, 0.29) is 60.1 Å². The topological polar surface area (TPSA) is 90.3 Å². The molecule has 1 N–H and O–H groups in total. The lowest BCUT2D eigenvalue weighted by atomic mass is 9.84. The number of hydrogen-bond donors (Lipinski definition) is 1. The third-order valence-electron chi connectivity index (χ3n) is 7.20. The van der Waals surface area contributed by atoms with E-state index in [2.05, 4.69) is 15.2 Å². The molecule has 2 aliphatic rings. The third kappa shape index (κ3) is 5.91. The van der Waals surface area contributed by atoms with Gasteiger partial charge in [0.1, 0.15) is 27.4 Å². The number of nitrogens with one attached hydrogen (secondary N) is 1. The lowest BCUT2D eigenvalue weighted by Gasteiger charge is -2.36. The third-order valence-corrected chi connectivity index (χ3v) is 8.85. The molecule has 0 saturated carbocycles. The number of ether oxygens (including phenoxy) is 1. The highest BCUT2D eigenvalue weighted by atomic mass is 32.2. The summed E-state index contributed by atoms with van der Waals surface area (Å²) in [5.41, 5.74) is 0.0137. The number of carbonyl (C=O) groups excluding carboxylic acids is 1. The molecule has 1 saturated heterocycles. The Kier molecular flexibility index (Phi) is 7.55. The van der Waals surface area contributed by atoms with Crippen LogP contribution in [0.2, 0.25) is 0 Å². The van der Waals surface area contributed by atoms with Crippen molar-refractivity contribution in [2.24, 2.45) is 5.92 Å². The summed E-state index contributed by atoms with van der Waals surface area (Å²) in [4.78, 5) is 13.2. The fourth-order valence-corrected chi connectivity index (χ4v) is 6.62. The lowest BCUT2D eigenvalue weighted by molar-refractivity contribution is -0.127. The molecule has 0 bridgehead atoms. The fourth-order valence-electron chi connectivity index (χ4n) is 4.90. The summed E-state index contributed by atoms with van der Waals surface area (Å²) >= 11 is 0. The molecule has 1 aromatic carbocycles. The molecular formula is C24H28F5N3O4S. The number of sulfone groups is 1. The van der Waals surface area contributed by atoms with Crippen molar-refractivity contribution < 1.29 is 39.9 Å². The Labute approximate surface area is 211 Å². The van der Waals surface area contributed by atoms with Crippen LogP contribution in [0.1, 0.15) is 50.4 Å². The summed E-state index contributed by atoms with van der Waals surface area (Å²) in [6, 6.07) is 1.65. The van der Waals surface area contributed by atoms with Crippen LogP contribution in [0.4, 0.5) is 22.0 Å². The van der Waals surface area contributed by atoms with Gasteiger partial charge in [0.05, 0.1) is 17.2 Å². The van der Waals surface area contributed by atoms with E-state index < -0.39 is 46.2 Å². The zero-order valence-corrected chi connectivity index (χ0v) is 21.1. The summed E-state index contributed by atoms with van der Waals surface area (Å²) in [6.07, 6.45) is -1.63. The minimum Gasteiger partial charge on any atom is -0.435 e. The van der Waals surface area contributed by atoms with E-state index in [1.807, 2.05) is 0 Å². The number of amides is 1. The molecule has 1 unspecified atom stereocenters. The van der Waals surface area contributed by atoms with E-state index in [1.165, 1.54) is 6.92 Å². The van der Waals surface area contributed by atoms with E-state index in [4.69, 9.17) is 0 Å². The number of nitrogens with zero attached hydrogens (tertiary/aromatic N) is 2. The standard InChI is InChI=1S/C24H28F5N3O4S/c1-13(21(26)27)32-19-11-14(22(33)30-24(2)7-9-37(34,35)10-8-24)3-5-16(19)20(31-32)17-12-15(36-23(28)29)4-6-18(17)25/h4,6,12-14,21,23H,3,5,7-11H2,1-2H3,(H,30,33)/t13?,14-/m1/s1. The number of fused-ring (bicyclic) bond motifs is 1. The van der Waals surface area contributed by atoms with Gasteiger partial charge in [-0.3, -0.25) is 9.48 Å². The number of carbonyl (C=O) groups is 1. The number of rotatable bonds is 7. The summed E-state index contributed by atoms with van der Waals surface area (Å²) in [7, 11) is -3.13. The Hall–Kier alpha value is -2.70. The molecule has 1 aliphatic heterocycles. The Morgan fingerprint density at radius 2 is 1.89 bits per heavy atom. The average molecular weight is 550 g/mol. The van der Waals surface area contributed by atoms with Crippen molar-refractivity contribution in [2.45, 2.75) is 70.6 Å². The van der Waals surface area contributed by atoms with Crippen LogP contribution < -0.4 is 10.1 Å². The van der Waals surface area contributed by atoms with Crippen LogP contribution in [0.3, 0.4) is 0 Å². The van der Waals surface area contributed by atoms with Gasteiger partial charge in [0.15, 0.2) is 0 Å². The van der Waals surface area contributed by atoms with Crippen LogP contribution in [-0.4, -0.2) is 54.2 Å². The molecule has 2 heterocycles. The molecule has 1 fully saturated rings. The van der Waals surface area contributed by atoms with E-state index in [0.717, 1.165) is 22.9 Å². The molecule has 2 atom stereocenters. The highest BCUT2D eigenvalue weighted by Crippen LogP contribution is 2.38. The van der Waals surface area contributed by atoms with Gasteiger partial charge < -0.3 is 10.1 Å². The predicted molar refractivity (Wildman–Crippen MR) is 125 cm³/mol. The Bertz CT molecular complexity index is 1270. The van der Waals surface area contributed by atoms with Crippen molar-refractivity contribution in [3.63, 3.8) is 0 Å². The Balaban J connectivity index is 1.64. The van der Waals surface area contributed by atoms with Crippen molar-refractivity contribution in [3.8, 4) is 17.0 Å². The molecule has 1 amide bonds. The molecule has 2 aromatic rings. The van der Waals surface area contributed by atoms with Crippen LogP contribution in [0.25, 0.3) is 11.3 Å². The van der Waals surface area contributed by atoms with E-state index in [1.54, 1.807) is 6.92 Å². The van der Waals surface area contributed by atoms with Gasteiger partial charge >= 0.3 is 6.61 Å². The summed E-state index contributed by atoms with van der Waals surface area (Å²) in [5, 5.41) is 7.21. The first-order valence-electron chi connectivity index (χ1n) is 11.9. The van der Waals surface area contributed by atoms with Crippen LogP contribution in [0.5, 0.6) is 5.75 Å². The quantitative estimate of drug-likeness (QED) is 0.520. The second kappa shape index (κ2) is 10.2. The maximum absolute atomic E-state index is 14.7. The molecule has 0 radical (unpaired) electrons. The Morgan fingerprint density at radius 3 is 2.51 bits per heavy atom. The number of halogens is 5. The molecular weight excluding hydrogens is 521 g/mol. The monoisotopic (exact) mass is 549 g/mol. The van der Waals surface area contributed by atoms with Crippen LogP contribution in [-0.2, 0) is 27.5 Å². The van der Waals surface area contributed by atoms with Crippen molar-refractivity contribution in [1.29, 1.82) is 0 Å². The SMILES string of the molecule is CC(C(F)F)n1nc(-c2cc(OC(F)F)ccc2F)c2c1C[C@H](C(=O)NC1(C)CCS(=O)(=O)CC1)CC2. The molecule has 13 heteroatoms. The number of aromatic nitrogens is 2. The van der Waals surface area contributed by atoms with Crippen LogP contribution in [0.15, 0.2) is 18.2 Å². The maximum Gasteiger partial charge on any atom is 0.387 e.